The minimum atomic E-state index is 0.696. The Morgan fingerprint density at radius 1 is 1.62 bits per heavy atom. The summed E-state index contributed by atoms with van der Waals surface area (Å²) in [5.74, 6) is 0. The Labute approximate surface area is 83.3 Å². The quantitative estimate of drug-likeness (QED) is 0.655. The molecule has 2 heteroatoms. The maximum Gasteiger partial charge on any atom is 0.0947 e. The van der Waals surface area contributed by atoms with Crippen LogP contribution in [0.25, 0.3) is 6.08 Å². The highest BCUT2D eigenvalue weighted by atomic mass is 35.5. The van der Waals surface area contributed by atoms with Crippen LogP contribution in [0.3, 0.4) is 0 Å². The van der Waals surface area contributed by atoms with Crippen molar-refractivity contribution in [1.82, 2.24) is 0 Å². The molecule has 1 aromatic rings. The summed E-state index contributed by atoms with van der Waals surface area (Å²) in [7, 11) is 0. The monoisotopic (exact) mass is 191 g/mol. The number of halogens is 1. The second kappa shape index (κ2) is 4.69. The molecule has 0 saturated heterocycles. The highest BCUT2D eigenvalue weighted by Crippen LogP contribution is 2.14. The fraction of sp³-hybridized carbons (Fsp3) is 0.182. The molecule has 0 amide bonds. The van der Waals surface area contributed by atoms with Crippen molar-refractivity contribution in [3.8, 4) is 6.07 Å². The second-order valence-electron chi connectivity index (χ2n) is 2.69. The van der Waals surface area contributed by atoms with Gasteiger partial charge in [0.05, 0.1) is 6.07 Å². The van der Waals surface area contributed by atoms with Crippen molar-refractivity contribution in [2.45, 2.75) is 13.3 Å². The fourth-order valence-corrected chi connectivity index (χ4v) is 1.21. The molecule has 0 aromatic heterocycles. The van der Waals surface area contributed by atoms with Crippen molar-refractivity contribution in [2.75, 3.05) is 0 Å². The van der Waals surface area contributed by atoms with E-state index < -0.39 is 0 Å². The van der Waals surface area contributed by atoms with Crippen LogP contribution < -0.4 is 0 Å². The predicted molar refractivity (Wildman–Crippen MR) is 55.3 cm³/mol. The van der Waals surface area contributed by atoms with Gasteiger partial charge in [0.1, 0.15) is 0 Å². The molecule has 0 radical (unpaired) electrons. The van der Waals surface area contributed by atoms with Gasteiger partial charge in [-0.3, -0.25) is 0 Å². The molecule has 13 heavy (non-hydrogen) atoms. The topological polar surface area (TPSA) is 23.8 Å². The van der Waals surface area contributed by atoms with E-state index in [4.69, 9.17) is 16.9 Å². The Hall–Kier alpha value is -1.26. The van der Waals surface area contributed by atoms with Gasteiger partial charge in [-0.05, 0) is 30.2 Å². The van der Waals surface area contributed by atoms with E-state index in [1.54, 1.807) is 0 Å². The van der Waals surface area contributed by atoms with E-state index in [0.29, 0.717) is 5.02 Å². The minimum Gasteiger partial charge on any atom is -0.193 e. The SMILES string of the molecule is CCC(C#N)=Cc1cccc(Cl)c1. The number of benzene rings is 1. The summed E-state index contributed by atoms with van der Waals surface area (Å²) in [6, 6.07) is 9.60. The maximum atomic E-state index is 8.71. The summed E-state index contributed by atoms with van der Waals surface area (Å²) in [5.41, 5.74) is 1.74. The first-order valence-electron chi connectivity index (χ1n) is 4.12. The number of nitrogens with zero attached hydrogens (tertiary/aromatic N) is 1. The Bertz CT molecular complexity index is 361. The average Bonchev–Trinajstić information content (AvgIpc) is 2.14. The molecule has 0 heterocycles. The zero-order valence-electron chi connectivity index (χ0n) is 7.42. The summed E-state index contributed by atoms with van der Waals surface area (Å²) in [6.45, 7) is 1.96. The van der Waals surface area contributed by atoms with E-state index in [1.165, 1.54) is 0 Å². The van der Waals surface area contributed by atoms with Crippen LogP contribution >= 0.6 is 11.6 Å². The molecule has 0 bridgehead atoms. The van der Waals surface area contributed by atoms with Gasteiger partial charge in [0.25, 0.3) is 0 Å². The normalized spacial score (nSPS) is 11.0. The summed E-state index contributed by atoms with van der Waals surface area (Å²) < 4.78 is 0. The summed E-state index contributed by atoms with van der Waals surface area (Å²) >= 11 is 5.80. The molecule has 66 valence electrons. The lowest BCUT2D eigenvalue weighted by Gasteiger charge is -1.95. The number of rotatable bonds is 2. The maximum absolute atomic E-state index is 8.71. The standard InChI is InChI=1S/C11H10ClN/c1-2-9(8-13)6-10-4-3-5-11(12)7-10/h3-7H,2H2,1H3. The van der Waals surface area contributed by atoms with Crippen LogP contribution in [0.4, 0.5) is 0 Å². The molecule has 0 N–H and O–H groups in total. The van der Waals surface area contributed by atoms with Crippen LogP contribution in [0.5, 0.6) is 0 Å². The largest absolute Gasteiger partial charge is 0.193 e. The van der Waals surface area contributed by atoms with Crippen molar-refractivity contribution < 1.29 is 0 Å². The second-order valence-corrected chi connectivity index (χ2v) is 3.13. The third kappa shape index (κ3) is 2.93. The van der Waals surface area contributed by atoms with Crippen molar-refractivity contribution in [3.63, 3.8) is 0 Å². The smallest absolute Gasteiger partial charge is 0.0947 e. The summed E-state index contributed by atoms with van der Waals surface area (Å²) in [4.78, 5) is 0. The number of hydrogen-bond donors (Lipinski definition) is 0. The molecular formula is C11H10ClN. The van der Waals surface area contributed by atoms with E-state index in [1.807, 2.05) is 37.3 Å². The molecule has 0 spiro atoms. The van der Waals surface area contributed by atoms with E-state index in [9.17, 15) is 0 Å². The summed E-state index contributed by atoms with van der Waals surface area (Å²) in [5, 5.41) is 9.40. The first-order valence-corrected chi connectivity index (χ1v) is 4.50. The Balaban J connectivity index is 2.97. The van der Waals surface area contributed by atoms with E-state index in [2.05, 4.69) is 6.07 Å². The molecule has 1 aromatic carbocycles. The molecule has 0 fully saturated rings. The zero-order valence-corrected chi connectivity index (χ0v) is 8.17. The van der Waals surface area contributed by atoms with Gasteiger partial charge >= 0.3 is 0 Å². The first-order chi connectivity index (χ1) is 6.26. The molecule has 0 atom stereocenters. The lowest BCUT2D eigenvalue weighted by atomic mass is 10.1. The molecule has 0 saturated carbocycles. The molecule has 1 nitrogen and oxygen atoms in total. The first kappa shape index (κ1) is 9.83. The van der Waals surface area contributed by atoms with Gasteiger partial charge < -0.3 is 0 Å². The van der Waals surface area contributed by atoms with Gasteiger partial charge in [0.15, 0.2) is 0 Å². The molecule has 0 aliphatic rings. The lowest BCUT2D eigenvalue weighted by molar-refractivity contribution is 1.16. The van der Waals surface area contributed by atoms with Crippen LogP contribution in [0.2, 0.25) is 5.02 Å². The number of allylic oxidation sites excluding steroid dienone is 1. The van der Waals surface area contributed by atoms with E-state index in [-0.39, 0.29) is 0 Å². The molecule has 0 unspecified atom stereocenters. The van der Waals surface area contributed by atoms with Crippen molar-refractivity contribution in [1.29, 1.82) is 5.26 Å². The van der Waals surface area contributed by atoms with E-state index >= 15 is 0 Å². The number of hydrogen-bond acceptors (Lipinski definition) is 1. The third-order valence-corrected chi connectivity index (χ3v) is 1.95. The summed E-state index contributed by atoms with van der Waals surface area (Å²) in [6.07, 6.45) is 2.61. The van der Waals surface area contributed by atoms with Gasteiger partial charge in [-0.15, -0.1) is 0 Å². The Kier molecular flexibility index (Phi) is 3.54. The van der Waals surface area contributed by atoms with Gasteiger partial charge in [-0.25, -0.2) is 0 Å². The van der Waals surface area contributed by atoms with Gasteiger partial charge in [-0.1, -0.05) is 30.7 Å². The zero-order chi connectivity index (χ0) is 9.68. The molecular weight excluding hydrogens is 182 g/mol. The van der Waals surface area contributed by atoms with Gasteiger partial charge in [-0.2, -0.15) is 5.26 Å². The van der Waals surface area contributed by atoms with Crippen LogP contribution in [0.15, 0.2) is 29.8 Å². The minimum absolute atomic E-state index is 0.696. The van der Waals surface area contributed by atoms with Crippen molar-refractivity contribution in [3.05, 3.63) is 40.4 Å². The highest BCUT2D eigenvalue weighted by molar-refractivity contribution is 6.30. The third-order valence-electron chi connectivity index (χ3n) is 1.71. The highest BCUT2D eigenvalue weighted by Gasteiger charge is 1.93. The molecule has 1 rings (SSSR count). The van der Waals surface area contributed by atoms with Crippen LogP contribution in [0.1, 0.15) is 18.9 Å². The van der Waals surface area contributed by atoms with Crippen molar-refractivity contribution >= 4 is 17.7 Å². The Morgan fingerprint density at radius 3 is 2.92 bits per heavy atom. The van der Waals surface area contributed by atoms with Crippen LogP contribution in [0, 0.1) is 11.3 Å². The molecule has 0 aliphatic heterocycles. The van der Waals surface area contributed by atoms with Gasteiger partial charge in [0, 0.05) is 10.6 Å². The molecule has 0 aliphatic carbocycles. The predicted octanol–water partition coefficient (Wildman–Crippen LogP) is 3.66. The van der Waals surface area contributed by atoms with Crippen LogP contribution in [-0.4, -0.2) is 0 Å². The average molecular weight is 192 g/mol. The van der Waals surface area contributed by atoms with E-state index in [0.717, 1.165) is 17.6 Å². The fourth-order valence-electron chi connectivity index (χ4n) is 1.01. The number of nitriles is 1. The lowest BCUT2D eigenvalue weighted by Crippen LogP contribution is -1.77. The Morgan fingerprint density at radius 2 is 2.38 bits per heavy atom. The van der Waals surface area contributed by atoms with Crippen LogP contribution in [-0.2, 0) is 0 Å². The van der Waals surface area contributed by atoms with Crippen molar-refractivity contribution in [2.24, 2.45) is 0 Å². The van der Waals surface area contributed by atoms with Gasteiger partial charge in [0.2, 0.25) is 0 Å².